The molecule has 2 rings (SSSR count). The maximum absolute atomic E-state index is 12.6. The molecule has 0 bridgehead atoms. The van der Waals surface area contributed by atoms with Crippen molar-refractivity contribution in [3.8, 4) is 5.88 Å². The fraction of sp³-hybridized carbons (Fsp3) is 0.538. The van der Waals surface area contributed by atoms with Crippen LogP contribution in [0.2, 0.25) is 0 Å². The maximum atomic E-state index is 12.6. The van der Waals surface area contributed by atoms with Gasteiger partial charge in [0.2, 0.25) is 5.88 Å². The molecule has 0 spiro atoms. The van der Waals surface area contributed by atoms with Gasteiger partial charge in [-0.2, -0.15) is 13.2 Å². The minimum absolute atomic E-state index is 0.0979. The van der Waals surface area contributed by atoms with Crippen molar-refractivity contribution in [3.63, 3.8) is 0 Å². The molecular weight excluding hydrogens is 303 g/mol. The number of nitrogens with zero attached hydrogens (tertiary/aromatic N) is 2. The number of likely N-dealkylation sites (tertiary alicyclic amines) is 1. The van der Waals surface area contributed by atoms with E-state index in [1.165, 1.54) is 12.0 Å². The van der Waals surface area contributed by atoms with Crippen LogP contribution in [-0.2, 0) is 10.9 Å². The third-order valence-corrected chi connectivity index (χ3v) is 3.07. The predicted molar refractivity (Wildman–Crippen MR) is 70.5 cm³/mol. The lowest BCUT2D eigenvalue weighted by atomic mass is 10.2. The summed E-state index contributed by atoms with van der Waals surface area (Å²) >= 11 is 0. The minimum atomic E-state index is -4.44. The van der Waals surface area contributed by atoms with Crippen LogP contribution in [0.3, 0.4) is 0 Å². The molecule has 0 unspecified atom stereocenters. The van der Waals surface area contributed by atoms with Crippen LogP contribution < -0.4 is 10.1 Å². The number of alkyl halides is 3. The fourth-order valence-corrected chi connectivity index (χ4v) is 1.87. The van der Waals surface area contributed by atoms with E-state index in [1.54, 1.807) is 0 Å². The average molecular weight is 319 g/mol. The maximum Gasteiger partial charge on any atom is 0.416 e. The van der Waals surface area contributed by atoms with Crippen molar-refractivity contribution in [2.75, 3.05) is 33.4 Å². The van der Waals surface area contributed by atoms with E-state index < -0.39 is 11.7 Å². The summed E-state index contributed by atoms with van der Waals surface area (Å²) < 4.78 is 47.8. The molecule has 1 aliphatic heterocycles. The predicted octanol–water partition coefficient (Wildman–Crippen LogP) is 1.52. The summed E-state index contributed by atoms with van der Waals surface area (Å²) in [7, 11) is 1.53. The fourth-order valence-electron chi connectivity index (χ4n) is 1.87. The summed E-state index contributed by atoms with van der Waals surface area (Å²) in [6.07, 6.45) is -3.75. The van der Waals surface area contributed by atoms with Gasteiger partial charge in [0.1, 0.15) is 6.10 Å². The molecule has 1 saturated heterocycles. The van der Waals surface area contributed by atoms with Crippen molar-refractivity contribution in [2.24, 2.45) is 0 Å². The first-order valence-electron chi connectivity index (χ1n) is 6.62. The summed E-state index contributed by atoms with van der Waals surface area (Å²) in [5.41, 5.74) is -0.814. The number of hydrogen-bond donors (Lipinski definition) is 1. The summed E-state index contributed by atoms with van der Waals surface area (Å²) in [5, 5.41) is 2.64. The normalized spacial score (nSPS) is 15.4. The molecule has 1 aromatic rings. The van der Waals surface area contributed by atoms with Crippen molar-refractivity contribution < 1.29 is 27.4 Å². The Labute approximate surface area is 125 Å². The number of amides is 2. The smallest absolute Gasteiger partial charge is 0.416 e. The highest BCUT2D eigenvalue weighted by Crippen LogP contribution is 2.30. The van der Waals surface area contributed by atoms with E-state index in [0.717, 1.165) is 18.3 Å². The van der Waals surface area contributed by atoms with Crippen LogP contribution in [0.1, 0.15) is 5.56 Å². The van der Waals surface area contributed by atoms with Gasteiger partial charge in [0.05, 0.1) is 25.3 Å². The van der Waals surface area contributed by atoms with E-state index in [0.29, 0.717) is 26.2 Å². The highest BCUT2D eigenvalue weighted by Gasteiger charge is 2.34. The topological polar surface area (TPSA) is 63.7 Å². The van der Waals surface area contributed by atoms with Gasteiger partial charge in [-0.1, -0.05) is 0 Å². The van der Waals surface area contributed by atoms with Crippen LogP contribution in [0.4, 0.5) is 18.0 Å². The number of methoxy groups -OCH3 is 1. The molecule has 9 heteroatoms. The molecular formula is C13H16F3N3O3. The number of halogens is 3. The highest BCUT2D eigenvalue weighted by atomic mass is 19.4. The third-order valence-electron chi connectivity index (χ3n) is 3.07. The molecule has 0 atom stereocenters. The van der Waals surface area contributed by atoms with Crippen LogP contribution in [0.15, 0.2) is 18.3 Å². The first-order valence-corrected chi connectivity index (χ1v) is 6.62. The second-order valence-corrected chi connectivity index (χ2v) is 4.75. The molecule has 0 radical (unpaired) electrons. The molecule has 2 heterocycles. The Bertz CT molecular complexity index is 519. The van der Waals surface area contributed by atoms with Crippen LogP contribution in [0, 0.1) is 0 Å². The number of carbonyl (C=O) groups excluding carboxylic acids is 1. The second-order valence-electron chi connectivity index (χ2n) is 4.75. The first kappa shape index (κ1) is 16.3. The Balaban J connectivity index is 1.79. The van der Waals surface area contributed by atoms with Gasteiger partial charge in [-0.15, -0.1) is 0 Å². The zero-order chi connectivity index (χ0) is 16.2. The Hall–Kier alpha value is -2.03. The van der Waals surface area contributed by atoms with Crippen molar-refractivity contribution in [2.45, 2.75) is 12.3 Å². The quantitative estimate of drug-likeness (QED) is 0.836. The van der Waals surface area contributed by atoms with E-state index in [4.69, 9.17) is 9.47 Å². The SMILES string of the molecule is COCCNC(=O)N1CC(Oc2cc(C(F)(F)F)ccn2)C1. The molecule has 0 saturated carbocycles. The minimum Gasteiger partial charge on any atom is -0.471 e. The van der Waals surface area contributed by atoms with Crippen molar-refractivity contribution in [3.05, 3.63) is 23.9 Å². The Morgan fingerprint density at radius 3 is 2.86 bits per heavy atom. The number of nitrogens with one attached hydrogen (secondary N) is 1. The second kappa shape index (κ2) is 6.82. The first-order chi connectivity index (χ1) is 10.4. The standard InChI is InChI=1S/C13H16F3N3O3/c1-21-5-4-18-12(20)19-7-10(8-19)22-11-6-9(2-3-17-11)13(14,15)16/h2-3,6,10H,4-5,7-8H2,1H3,(H,18,20). The molecule has 0 aromatic carbocycles. The molecule has 22 heavy (non-hydrogen) atoms. The molecule has 1 aliphatic rings. The van der Waals surface area contributed by atoms with Crippen molar-refractivity contribution in [1.29, 1.82) is 0 Å². The van der Waals surface area contributed by atoms with Crippen LogP contribution in [-0.4, -0.2) is 55.4 Å². The number of hydrogen-bond acceptors (Lipinski definition) is 4. The van der Waals surface area contributed by atoms with Gasteiger partial charge in [-0.3, -0.25) is 0 Å². The number of aromatic nitrogens is 1. The third kappa shape index (κ3) is 4.23. The van der Waals surface area contributed by atoms with Crippen molar-refractivity contribution in [1.82, 2.24) is 15.2 Å². The highest BCUT2D eigenvalue weighted by molar-refractivity contribution is 5.75. The lowest BCUT2D eigenvalue weighted by molar-refractivity contribution is -0.137. The summed E-state index contributed by atoms with van der Waals surface area (Å²) in [6, 6.07) is 1.47. The lowest BCUT2D eigenvalue weighted by Crippen LogP contribution is -2.59. The summed E-state index contributed by atoms with van der Waals surface area (Å²) in [4.78, 5) is 16.9. The zero-order valence-corrected chi connectivity index (χ0v) is 11.9. The molecule has 6 nitrogen and oxygen atoms in total. The number of carbonyl (C=O) groups is 1. The van der Waals surface area contributed by atoms with Gasteiger partial charge < -0.3 is 19.7 Å². The van der Waals surface area contributed by atoms with Crippen LogP contribution in [0.5, 0.6) is 5.88 Å². The molecule has 1 aromatic heterocycles. The van der Waals surface area contributed by atoms with Gasteiger partial charge in [-0.05, 0) is 6.07 Å². The van der Waals surface area contributed by atoms with Gasteiger partial charge in [0.25, 0.3) is 0 Å². The summed E-state index contributed by atoms with van der Waals surface area (Å²) in [6.45, 7) is 1.41. The van der Waals surface area contributed by atoms with E-state index in [9.17, 15) is 18.0 Å². The largest absolute Gasteiger partial charge is 0.471 e. The summed E-state index contributed by atoms with van der Waals surface area (Å²) in [5.74, 6) is -0.0979. The Morgan fingerprint density at radius 1 is 1.50 bits per heavy atom. The molecule has 0 aliphatic carbocycles. The number of pyridine rings is 1. The molecule has 1 fully saturated rings. The van der Waals surface area contributed by atoms with E-state index in [2.05, 4.69) is 10.3 Å². The van der Waals surface area contributed by atoms with E-state index in [-0.39, 0.29) is 18.0 Å². The zero-order valence-electron chi connectivity index (χ0n) is 11.9. The van der Waals surface area contributed by atoms with E-state index >= 15 is 0 Å². The van der Waals surface area contributed by atoms with Gasteiger partial charge >= 0.3 is 12.2 Å². The molecule has 122 valence electrons. The average Bonchev–Trinajstić information content (AvgIpc) is 2.42. The Kier molecular flexibility index (Phi) is 5.07. The van der Waals surface area contributed by atoms with Gasteiger partial charge in [-0.25, -0.2) is 9.78 Å². The molecule has 2 amide bonds. The van der Waals surface area contributed by atoms with Gasteiger partial charge in [0.15, 0.2) is 0 Å². The monoisotopic (exact) mass is 319 g/mol. The van der Waals surface area contributed by atoms with Gasteiger partial charge in [0, 0.05) is 25.9 Å². The van der Waals surface area contributed by atoms with Crippen molar-refractivity contribution >= 4 is 6.03 Å². The number of rotatable bonds is 5. The lowest BCUT2D eigenvalue weighted by Gasteiger charge is -2.38. The number of ether oxygens (including phenoxy) is 2. The molecule has 1 N–H and O–H groups in total. The van der Waals surface area contributed by atoms with Crippen LogP contribution in [0.25, 0.3) is 0 Å². The van der Waals surface area contributed by atoms with E-state index in [1.807, 2.05) is 0 Å². The Morgan fingerprint density at radius 2 is 2.23 bits per heavy atom. The number of urea groups is 1. The van der Waals surface area contributed by atoms with Crippen LogP contribution >= 0.6 is 0 Å².